The van der Waals surface area contributed by atoms with Crippen molar-refractivity contribution in [3.05, 3.63) is 35.6 Å². The second kappa shape index (κ2) is 8.42. The Labute approximate surface area is 158 Å². The first kappa shape index (κ1) is 19.2. The Kier molecular flexibility index (Phi) is 6.22. The molecule has 0 spiro atoms. The lowest BCUT2D eigenvalue weighted by atomic mass is 9.88. The van der Waals surface area contributed by atoms with Gasteiger partial charge in [0.25, 0.3) is 5.91 Å². The van der Waals surface area contributed by atoms with E-state index in [1.54, 1.807) is 16.7 Å². The lowest BCUT2D eigenvalue weighted by Crippen LogP contribution is -2.52. The van der Waals surface area contributed by atoms with Crippen LogP contribution >= 0.6 is 11.8 Å². The Morgan fingerprint density at radius 3 is 2.42 bits per heavy atom. The predicted molar refractivity (Wildman–Crippen MR) is 102 cm³/mol. The van der Waals surface area contributed by atoms with Gasteiger partial charge in [-0.15, -0.1) is 11.8 Å². The van der Waals surface area contributed by atoms with Crippen LogP contribution in [0.25, 0.3) is 0 Å². The van der Waals surface area contributed by atoms with Gasteiger partial charge in [0.15, 0.2) is 0 Å². The number of carbonyl (C=O) groups is 2. The van der Waals surface area contributed by atoms with Gasteiger partial charge in [0.2, 0.25) is 5.91 Å². The molecule has 0 radical (unpaired) electrons. The molecule has 1 heterocycles. The molecule has 1 aliphatic heterocycles. The van der Waals surface area contributed by atoms with Gasteiger partial charge in [-0.1, -0.05) is 19.3 Å². The molecule has 1 aromatic carbocycles. The third kappa shape index (κ3) is 4.22. The molecule has 4 nitrogen and oxygen atoms in total. The first-order valence-corrected chi connectivity index (χ1v) is 10.5. The monoisotopic (exact) mass is 378 g/mol. The SMILES string of the molecule is CC(C)NC(=O)[C@@H]1CS[C@@H](C2CCCCC2)N1C(=O)c1ccc(F)cc1. The van der Waals surface area contributed by atoms with E-state index in [-0.39, 0.29) is 29.0 Å². The summed E-state index contributed by atoms with van der Waals surface area (Å²) in [6.07, 6.45) is 5.82. The number of benzene rings is 1. The zero-order valence-electron chi connectivity index (χ0n) is 15.4. The summed E-state index contributed by atoms with van der Waals surface area (Å²) < 4.78 is 13.2. The summed E-state index contributed by atoms with van der Waals surface area (Å²) >= 11 is 1.72. The minimum absolute atomic E-state index is 0.0239. The fourth-order valence-corrected chi connectivity index (χ4v) is 5.53. The molecule has 2 atom stereocenters. The average Bonchev–Trinajstić information content (AvgIpc) is 3.07. The molecule has 2 fully saturated rings. The maximum Gasteiger partial charge on any atom is 0.255 e. The number of thioether (sulfide) groups is 1. The molecule has 0 unspecified atom stereocenters. The summed E-state index contributed by atoms with van der Waals surface area (Å²) in [6, 6.07) is 5.19. The van der Waals surface area contributed by atoms with Crippen LogP contribution in [0.1, 0.15) is 56.3 Å². The normalized spacial score (nSPS) is 24.1. The zero-order valence-corrected chi connectivity index (χ0v) is 16.2. The third-order valence-electron chi connectivity index (χ3n) is 5.15. The molecule has 142 valence electrons. The first-order valence-electron chi connectivity index (χ1n) is 9.47. The molecule has 1 N–H and O–H groups in total. The first-order chi connectivity index (χ1) is 12.5. The lowest BCUT2D eigenvalue weighted by molar-refractivity contribution is -0.125. The summed E-state index contributed by atoms with van der Waals surface area (Å²) in [5, 5.41) is 2.97. The highest BCUT2D eigenvalue weighted by Gasteiger charge is 2.45. The topological polar surface area (TPSA) is 49.4 Å². The predicted octanol–water partition coefficient (Wildman–Crippen LogP) is 3.81. The van der Waals surface area contributed by atoms with Gasteiger partial charge in [-0.05, 0) is 56.9 Å². The summed E-state index contributed by atoms with van der Waals surface area (Å²) in [6.45, 7) is 3.84. The van der Waals surface area contributed by atoms with Crippen molar-refractivity contribution in [3.8, 4) is 0 Å². The van der Waals surface area contributed by atoms with Gasteiger partial charge in [0, 0.05) is 17.4 Å². The van der Waals surface area contributed by atoms with Crippen molar-refractivity contribution in [2.45, 2.75) is 63.4 Å². The van der Waals surface area contributed by atoms with Gasteiger partial charge in [0.1, 0.15) is 11.9 Å². The van der Waals surface area contributed by atoms with E-state index in [4.69, 9.17) is 0 Å². The number of hydrogen-bond acceptors (Lipinski definition) is 3. The quantitative estimate of drug-likeness (QED) is 0.867. The Morgan fingerprint density at radius 1 is 1.15 bits per heavy atom. The summed E-state index contributed by atoms with van der Waals surface area (Å²) in [4.78, 5) is 27.7. The molecule has 26 heavy (non-hydrogen) atoms. The highest BCUT2D eigenvalue weighted by Crippen LogP contribution is 2.41. The number of amides is 2. The number of rotatable bonds is 4. The van der Waals surface area contributed by atoms with Gasteiger partial charge in [-0.2, -0.15) is 0 Å². The molecule has 1 saturated carbocycles. The van der Waals surface area contributed by atoms with E-state index >= 15 is 0 Å². The number of nitrogens with zero attached hydrogens (tertiary/aromatic N) is 1. The summed E-state index contributed by atoms with van der Waals surface area (Å²) in [5.74, 6) is 0.410. The second-order valence-electron chi connectivity index (χ2n) is 7.52. The van der Waals surface area contributed by atoms with Crippen molar-refractivity contribution in [2.24, 2.45) is 5.92 Å². The van der Waals surface area contributed by atoms with Crippen LogP contribution in [0.3, 0.4) is 0 Å². The number of hydrogen-bond donors (Lipinski definition) is 1. The van der Waals surface area contributed by atoms with Crippen molar-refractivity contribution in [2.75, 3.05) is 5.75 Å². The highest BCUT2D eigenvalue weighted by molar-refractivity contribution is 8.00. The van der Waals surface area contributed by atoms with E-state index in [2.05, 4.69) is 5.32 Å². The van der Waals surface area contributed by atoms with Crippen LogP contribution in [0.5, 0.6) is 0 Å². The van der Waals surface area contributed by atoms with Crippen molar-refractivity contribution >= 4 is 23.6 Å². The van der Waals surface area contributed by atoms with Crippen LogP contribution in [0, 0.1) is 11.7 Å². The molecule has 3 rings (SSSR count). The molecule has 1 saturated heterocycles. The molecule has 1 aliphatic carbocycles. The average molecular weight is 379 g/mol. The van der Waals surface area contributed by atoms with Crippen molar-refractivity contribution in [1.29, 1.82) is 0 Å². The maximum atomic E-state index is 13.2. The van der Waals surface area contributed by atoms with E-state index in [0.29, 0.717) is 17.2 Å². The molecule has 1 aromatic rings. The van der Waals surface area contributed by atoms with E-state index in [9.17, 15) is 14.0 Å². The largest absolute Gasteiger partial charge is 0.352 e. The highest BCUT2D eigenvalue weighted by atomic mass is 32.2. The fraction of sp³-hybridized carbons (Fsp3) is 0.600. The number of nitrogens with one attached hydrogen (secondary N) is 1. The summed E-state index contributed by atoms with van der Waals surface area (Å²) in [7, 11) is 0. The Bertz CT molecular complexity index is 644. The van der Waals surface area contributed by atoms with Gasteiger partial charge in [-0.3, -0.25) is 9.59 Å². The van der Waals surface area contributed by atoms with Crippen molar-refractivity contribution in [3.63, 3.8) is 0 Å². The van der Waals surface area contributed by atoms with Gasteiger partial charge in [-0.25, -0.2) is 4.39 Å². The van der Waals surface area contributed by atoms with E-state index < -0.39 is 6.04 Å². The van der Waals surface area contributed by atoms with Crippen LogP contribution in [-0.2, 0) is 4.79 Å². The zero-order chi connectivity index (χ0) is 18.7. The van der Waals surface area contributed by atoms with E-state index in [0.717, 1.165) is 12.8 Å². The van der Waals surface area contributed by atoms with Crippen molar-refractivity contribution < 1.29 is 14.0 Å². The van der Waals surface area contributed by atoms with Gasteiger partial charge >= 0.3 is 0 Å². The third-order valence-corrected chi connectivity index (χ3v) is 6.61. The summed E-state index contributed by atoms with van der Waals surface area (Å²) in [5.41, 5.74) is 0.442. The second-order valence-corrected chi connectivity index (χ2v) is 8.67. The molecule has 2 amide bonds. The van der Waals surface area contributed by atoms with Crippen LogP contribution in [0.15, 0.2) is 24.3 Å². The van der Waals surface area contributed by atoms with Crippen LogP contribution < -0.4 is 5.32 Å². The fourth-order valence-electron chi connectivity index (χ4n) is 3.89. The molecule has 6 heteroatoms. The minimum Gasteiger partial charge on any atom is -0.352 e. The molecule has 0 aromatic heterocycles. The standard InChI is InChI=1S/C20H27FN2O2S/c1-13(2)22-18(24)17-12-26-20(15-6-4-3-5-7-15)23(17)19(25)14-8-10-16(21)11-9-14/h8-11,13,15,17,20H,3-7,12H2,1-2H3,(H,22,24)/t17-,20-/m0/s1. The van der Waals surface area contributed by atoms with Crippen LogP contribution in [0.4, 0.5) is 4.39 Å². The Balaban J connectivity index is 1.86. The molecular weight excluding hydrogens is 351 g/mol. The van der Waals surface area contributed by atoms with E-state index in [1.165, 1.54) is 43.5 Å². The van der Waals surface area contributed by atoms with Crippen molar-refractivity contribution in [1.82, 2.24) is 10.2 Å². The Morgan fingerprint density at radius 2 is 1.81 bits per heavy atom. The molecule has 0 bridgehead atoms. The van der Waals surface area contributed by atoms with Gasteiger partial charge in [0.05, 0.1) is 5.37 Å². The number of carbonyl (C=O) groups excluding carboxylic acids is 2. The van der Waals surface area contributed by atoms with Crippen LogP contribution in [-0.4, -0.2) is 39.9 Å². The maximum absolute atomic E-state index is 13.2. The molecule has 2 aliphatic rings. The van der Waals surface area contributed by atoms with E-state index in [1.807, 2.05) is 13.8 Å². The number of halogens is 1. The van der Waals surface area contributed by atoms with Gasteiger partial charge < -0.3 is 10.2 Å². The molecular formula is C20H27FN2O2S. The minimum atomic E-state index is -0.466. The van der Waals surface area contributed by atoms with Crippen LogP contribution in [0.2, 0.25) is 0 Å². The lowest BCUT2D eigenvalue weighted by Gasteiger charge is -2.35. The smallest absolute Gasteiger partial charge is 0.255 e. The Hall–Kier alpha value is -1.56.